The first kappa shape index (κ1) is 25.0. The second kappa shape index (κ2) is 9.36. The number of anilines is 1. The number of Topliss-reactive ketones (excluding diaryl/α,β-unsaturated/α-hetero) is 1. The lowest BCUT2D eigenvalue weighted by Gasteiger charge is -2.60. The number of hydrogen-bond acceptors (Lipinski definition) is 8. The number of nitrogens with one attached hydrogen (secondary N) is 1. The molecule has 0 bridgehead atoms. The van der Waals surface area contributed by atoms with Crippen LogP contribution in [-0.4, -0.2) is 37.0 Å². The minimum absolute atomic E-state index is 0.0249. The Morgan fingerprint density at radius 1 is 1.08 bits per heavy atom. The van der Waals surface area contributed by atoms with Crippen molar-refractivity contribution in [3.05, 3.63) is 54.5 Å². The third kappa shape index (κ3) is 4.20. The Morgan fingerprint density at radius 3 is 2.51 bits per heavy atom. The number of carbonyl (C=O) groups excluding carboxylic acids is 4. The van der Waals surface area contributed by atoms with Gasteiger partial charge in [-0.15, -0.1) is 0 Å². The molecule has 2 heterocycles. The molecule has 0 spiro atoms. The van der Waals surface area contributed by atoms with Gasteiger partial charge in [0.1, 0.15) is 6.10 Å². The van der Waals surface area contributed by atoms with E-state index in [1.807, 2.05) is 19.9 Å². The molecular formula is C28H31NO8. The van der Waals surface area contributed by atoms with Crippen molar-refractivity contribution >= 4 is 29.5 Å². The standard InChI is InChI=1S/C28H31NO8/c1-27-11-9-18-25(32)36-21(16-10-12-35-15-16)14-28(18,2)23(27)22(30)20(13-19(27)24(31)34-3)37-26(33)29-17-7-5-4-6-8-17/h4-8,10,12,15,18-21,23H,9,11,13-14H2,1-3H3,(H,29,33)/t18?,19?,20-,21?,23-,27?,28-/m0/s1. The van der Waals surface area contributed by atoms with Crippen LogP contribution in [0.3, 0.4) is 0 Å². The Morgan fingerprint density at radius 2 is 1.84 bits per heavy atom. The van der Waals surface area contributed by atoms with Crippen molar-refractivity contribution in [3.8, 4) is 0 Å². The Kier molecular flexibility index (Phi) is 6.33. The molecule has 1 amide bonds. The van der Waals surface area contributed by atoms with Crippen molar-refractivity contribution in [2.24, 2.45) is 28.6 Å². The number of carbonyl (C=O) groups is 4. The third-order valence-electron chi connectivity index (χ3n) is 8.77. The van der Waals surface area contributed by atoms with E-state index >= 15 is 0 Å². The van der Waals surface area contributed by atoms with E-state index in [0.717, 1.165) is 0 Å². The highest BCUT2D eigenvalue weighted by Gasteiger charge is 2.67. The van der Waals surface area contributed by atoms with Crippen LogP contribution in [0.25, 0.3) is 0 Å². The molecule has 9 nitrogen and oxygen atoms in total. The van der Waals surface area contributed by atoms with Crippen LogP contribution < -0.4 is 5.32 Å². The SMILES string of the molecule is COC(=O)C1C[C@H](OC(=O)Nc2ccccc2)C(=O)[C@H]2C1(C)CCC1C(=O)OC(c3ccoc3)C[C@@]12C. The summed E-state index contributed by atoms with van der Waals surface area (Å²) in [6.45, 7) is 3.84. The lowest BCUT2D eigenvalue weighted by atomic mass is 9.43. The Labute approximate surface area is 214 Å². The number of fused-ring (bicyclic) bond motifs is 3. The van der Waals surface area contributed by atoms with E-state index in [0.29, 0.717) is 30.5 Å². The number of amides is 1. The van der Waals surface area contributed by atoms with Gasteiger partial charge in [0.25, 0.3) is 0 Å². The molecule has 9 heteroatoms. The van der Waals surface area contributed by atoms with Crippen molar-refractivity contribution in [1.29, 1.82) is 0 Å². The summed E-state index contributed by atoms with van der Waals surface area (Å²) < 4.78 is 21.8. The fourth-order valence-electron chi connectivity index (χ4n) is 7.06. The first-order valence-corrected chi connectivity index (χ1v) is 12.5. The largest absolute Gasteiger partial charge is 0.472 e. The molecule has 2 saturated carbocycles. The minimum Gasteiger partial charge on any atom is -0.472 e. The highest BCUT2D eigenvalue weighted by molar-refractivity contribution is 5.94. The van der Waals surface area contributed by atoms with Gasteiger partial charge in [-0.25, -0.2) is 4.79 Å². The summed E-state index contributed by atoms with van der Waals surface area (Å²) in [7, 11) is 1.31. The lowest BCUT2D eigenvalue weighted by molar-refractivity contribution is -0.207. The minimum atomic E-state index is -1.16. The zero-order valence-corrected chi connectivity index (χ0v) is 21.1. The summed E-state index contributed by atoms with van der Waals surface area (Å²) >= 11 is 0. The van der Waals surface area contributed by atoms with Gasteiger partial charge in [0.05, 0.1) is 31.5 Å². The quantitative estimate of drug-likeness (QED) is 0.466. The summed E-state index contributed by atoms with van der Waals surface area (Å²) in [5.74, 6) is -3.03. The smallest absolute Gasteiger partial charge is 0.412 e. The topological polar surface area (TPSA) is 121 Å². The van der Waals surface area contributed by atoms with Gasteiger partial charge in [0.2, 0.25) is 0 Å². The number of benzene rings is 1. The molecular weight excluding hydrogens is 478 g/mol. The maximum atomic E-state index is 14.1. The molecule has 1 aromatic heterocycles. The van der Waals surface area contributed by atoms with Crippen LogP contribution in [0.5, 0.6) is 0 Å². The molecule has 2 aliphatic carbocycles. The number of hydrogen-bond donors (Lipinski definition) is 1. The fourth-order valence-corrected chi connectivity index (χ4v) is 7.06. The van der Waals surface area contributed by atoms with Gasteiger partial charge in [-0.2, -0.15) is 0 Å². The molecule has 7 atom stereocenters. The predicted octanol–water partition coefficient (Wildman–Crippen LogP) is 4.69. The average molecular weight is 510 g/mol. The van der Waals surface area contributed by atoms with Gasteiger partial charge in [-0.1, -0.05) is 32.0 Å². The summed E-state index contributed by atoms with van der Waals surface area (Å²) in [6, 6.07) is 10.5. The average Bonchev–Trinajstić information content (AvgIpc) is 3.40. The second-order valence-corrected chi connectivity index (χ2v) is 10.8. The van der Waals surface area contributed by atoms with Gasteiger partial charge >= 0.3 is 18.0 Å². The van der Waals surface area contributed by atoms with Gasteiger partial charge < -0.3 is 18.6 Å². The molecule has 5 rings (SSSR count). The van der Waals surface area contributed by atoms with Gasteiger partial charge in [-0.05, 0) is 48.3 Å². The van der Waals surface area contributed by atoms with Crippen LogP contribution in [0.4, 0.5) is 10.5 Å². The number of rotatable bonds is 4. The van der Waals surface area contributed by atoms with Gasteiger partial charge in [-0.3, -0.25) is 19.7 Å². The first-order chi connectivity index (χ1) is 17.7. The first-order valence-electron chi connectivity index (χ1n) is 12.5. The van der Waals surface area contributed by atoms with E-state index in [4.69, 9.17) is 18.6 Å². The normalized spacial score (nSPS) is 34.9. The third-order valence-corrected chi connectivity index (χ3v) is 8.77. The van der Waals surface area contributed by atoms with Crippen LogP contribution in [0.2, 0.25) is 0 Å². The van der Waals surface area contributed by atoms with E-state index in [2.05, 4.69) is 5.32 Å². The molecule has 0 radical (unpaired) electrons. The number of esters is 2. The summed E-state index contributed by atoms with van der Waals surface area (Å²) in [6.07, 6.45) is 1.88. The van der Waals surface area contributed by atoms with Gasteiger partial charge in [0, 0.05) is 23.6 Å². The van der Waals surface area contributed by atoms with Gasteiger partial charge in [0.15, 0.2) is 11.9 Å². The highest BCUT2D eigenvalue weighted by Crippen LogP contribution is 2.65. The number of cyclic esters (lactones) is 1. The fraction of sp³-hybridized carbons (Fsp3) is 0.500. The number of ether oxygens (including phenoxy) is 3. The molecule has 2 aromatic rings. The molecule has 1 saturated heterocycles. The van der Waals surface area contributed by atoms with E-state index < -0.39 is 52.9 Å². The van der Waals surface area contributed by atoms with Crippen molar-refractivity contribution in [2.45, 2.75) is 51.7 Å². The summed E-state index contributed by atoms with van der Waals surface area (Å²) in [4.78, 5) is 53.1. The van der Waals surface area contributed by atoms with Crippen LogP contribution in [0.15, 0.2) is 53.3 Å². The van der Waals surface area contributed by atoms with Crippen molar-refractivity contribution in [2.75, 3.05) is 12.4 Å². The number of para-hydroxylation sites is 1. The highest BCUT2D eigenvalue weighted by atomic mass is 16.6. The summed E-state index contributed by atoms with van der Waals surface area (Å²) in [5, 5.41) is 2.63. The molecule has 3 fully saturated rings. The van der Waals surface area contributed by atoms with Crippen LogP contribution in [0.1, 0.15) is 51.2 Å². The molecule has 1 aromatic carbocycles. The number of methoxy groups -OCH3 is 1. The Hall–Kier alpha value is -3.62. The van der Waals surface area contributed by atoms with E-state index in [-0.39, 0.29) is 18.2 Å². The van der Waals surface area contributed by atoms with Crippen LogP contribution >= 0.6 is 0 Å². The zero-order valence-electron chi connectivity index (χ0n) is 21.1. The number of furan rings is 1. The molecule has 1 aliphatic heterocycles. The maximum Gasteiger partial charge on any atom is 0.412 e. The van der Waals surface area contributed by atoms with E-state index in [1.165, 1.54) is 19.6 Å². The van der Waals surface area contributed by atoms with Crippen LogP contribution in [-0.2, 0) is 28.6 Å². The number of ketones is 1. The zero-order chi connectivity index (χ0) is 26.4. The Bertz CT molecular complexity index is 1190. The lowest BCUT2D eigenvalue weighted by Crippen LogP contribution is -2.64. The maximum absolute atomic E-state index is 14.1. The van der Waals surface area contributed by atoms with Crippen LogP contribution in [0, 0.1) is 28.6 Å². The Balaban J connectivity index is 1.49. The molecule has 37 heavy (non-hydrogen) atoms. The van der Waals surface area contributed by atoms with Crippen molar-refractivity contribution < 1.29 is 37.8 Å². The predicted molar refractivity (Wildman–Crippen MR) is 130 cm³/mol. The monoisotopic (exact) mass is 509 g/mol. The molecule has 3 aliphatic rings. The molecule has 1 N–H and O–H groups in total. The van der Waals surface area contributed by atoms with Crippen molar-refractivity contribution in [3.63, 3.8) is 0 Å². The van der Waals surface area contributed by atoms with Crippen molar-refractivity contribution in [1.82, 2.24) is 0 Å². The molecule has 4 unspecified atom stereocenters. The summed E-state index contributed by atoms with van der Waals surface area (Å²) in [5.41, 5.74) is -0.370. The van der Waals surface area contributed by atoms with E-state index in [9.17, 15) is 19.2 Å². The second-order valence-electron chi connectivity index (χ2n) is 10.8. The van der Waals surface area contributed by atoms with E-state index in [1.54, 1.807) is 30.3 Å². The molecule has 196 valence electrons.